The van der Waals surface area contributed by atoms with Gasteiger partial charge in [0.2, 0.25) is 0 Å². The quantitative estimate of drug-likeness (QED) is 0.496. The molecule has 1 aliphatic rings. The van der Waals surface area contributed by atoms with Crippen molar-refractivity contribution in [2.24, 2.45) is 0 Å². The number of benzene rings is 1. The van der Waals surface area contributed by atoms with E-state index in [1.165, 1.54) is 13.8 Å². The first kappa shape index (κ1) is 16.4. The molecular formula is C14H11F2NO6. The fraction of sp³-hybridized carbons (Fsp3) is 0.214. The Morgan fingerprint density at radius 3 is 2.26 bits per heavy atom. The number of aromatic carboxylic acids is 1. The lowest BCUT2D eigenvalue weighted by atomic mass is 10.1. The predicted molar refractivity (Wildman–Crippen MR) is 71.3 cm³/mol. The third-order valence-corrected chi connectivity index (χ3v) is 2.78. The van der Waals surface area contributed by atoms with Crippen molar-refractivity contribution in [3.05, 3.63) is 41.1 Å². The van der Waals surface area contributed by atoms with Crippen molar-refractivity contribution in [3.63, 3.8) is 0 Å². The van der Waals surface area contributed by atoms with Gasteiger partial charge in [0.15, 0.2) is 5.57 Å². The first-order chi connectivity index (χ1) is 10.6. The maximum absolute atomic E-state index is 13.6. The summed E-state index contributed by atoms with van der Waals surface area (Å²) in [5, 5.41) is 11.0. The molecule has 0 spiro atoms. The molecule has 1 aliphatic heterocycles. The zero-order valence-corrected chi connectivity index (χ0v) is 12.0. The van der Waals surface area contributed by atoms with Gasteiger partial charge in [0.1, 0.15) is 11.6 Å². The van der Waals surface area contributed by atoms with Crippen LogP contribution in [0.2, 0.25) is 0 Å². The van der Waals surface area contributed by atoms with Crippen LogP contribution >= 0.6 is 0 Å². The van der Waals surface area contributed by atoms with Crippen molar-refractivity contribution in [3.8, 4) is 0 Å². The Hall–Kier alpha value is -2.97. The van der Waals surface area contributed by atoms with Gasteiger partial charge < -0.3 is 19.9 Å². The minimum Gasteiger partial charge on any atom is -0.478 e. The van der Waals surface area contributed by atoms with Gasteiger partial charge in [-0.05, 0) is 6.07 Å². The fourth-order valence-corrected chi connectivity index (χ4v) is 1.75. The molecule has 1 aromatic carbocycles. The predicted octanol–water partition coefficient (Wildman–Crippen LogP) is 1.79. The zero-order chi connectivity index (χ0) is 17.4. The summed E-state index contributed by atoms with van der Waals surface area (Å²) >= 11 is 0. The van der Waals surface area contributed by atoms with Gasteiger partial charge in [-0.2, -0.15) is 0 Å². The monoisotopic (exact) mass is 327 g/mol. The maximum atomic E-state index is 13.6. The van der Waals surface area contributed by atoms with Crippen LogP contribution in [0.4, 0.5) is 14.5 Å². The van der Waals surface area contributed by atoms with E-state index in [-0.39, 0.29) is 0 Å². The number of halogens is 2. The van der Waals surface area contributed by atoms with Gasteiger partial charge in [-0.25, -0.2) is 23.2 Å². The third kappa shape index (κ3) is 3.44. The standard InChI is InChI=1S/C14H11F2NO6/c1-14(2)22-12(20)7(13(21)23-14)5-17-10-3-6(11(18)19)8(15)4-9(10)16/h3-5,17H,1-2H3,(H,18,19). The number of carbonyl (C=O) groups excluding carboxylic acids is 2. The molecule has 0 aromatic heterocycles. The number of rotatable bonds is 3. The number of hydrogen-bond acceptors (Lipinski definition) is 6. The minimum absolute atomic E-state index is 0.366. The second-order valence-electron chi connectivity index (χ2n) is 5.00. The zero-order valence-electron chi connectivity index (χ0n) is 12.0. The van der Waals surface area contributed by atoms with E-state index >= 15 is 0 Å². The molecule has 0 radical (unpaired) electrons. The number of carbonyl (C=O) groups is 3. The second kappa shape index (κ2) is 5.67. The molecule has 0 bridgehead atoms. The minimum atomic E-state index is -1.60. The van der Waals surface area contributed by atoms with Crippen LogP contribution in [0.3, 0.4) is 0 Å². The topological polar surface area (TPSA) is 102 Å². The molecular weight excluding hydrogens is 316 g/mol. The third-order valence-electron chi connectivity index (χ3n) is 2.78. The van der Waals surface area contributed by atoms with Crippen molar-refractivity contribution < 1.29 is 37.7 Å². The number of cyclic esters (lactones) is 2. The molecule has 0 atom stereocenters. The van der Waals surface area contributed by atoms with E-state index in [0.717, 1.165) is 6.20 Å². The highest BCUT2D eigenvalue weighted by Crippen LogP contribution is 2.24. The summed E-state index contributed by atoms with van der Waals surface area (Å²) < 4.78 is 36.5. The van der Waals surface area contributed by atoms with Crippen LogP contribution in [0.25, 0.3) is 0 Å². The number of carboxylic acids is 1. The number of carboxylic acid groups (broad SMARTS) is 1. The van der Waals surface area contributed by atoms with E-state index in [0.29, 0.717) is 12.1 Å². The lowest BCUT2D eigenvalue weighted by Crippen LogP contribution is -2.42. The summed E-state index contributed by atoms with van der Waals surface area (Å²) in [7, 11) is 0. The van der Waals surface area contributed by atoms with Crippen LogP contribution < -0.4 is 5.32 Å². The molecule has 0 amide bonds. The SMILES string of the molecule is CC1(C)OC(=O)C(=CNc2cc(C(=O)O)c(F)cc2F)C(=O)O1. The van der Waals surface area contributed by atoms with Crippen LogP contribution in [0.5, 0.6) is 0 Å². The Kier molecular flexibility index (Phi) is 4.04. The smallest absolute Gasteiger partial charge is 0.350 e. The molecule has 0 aliphatic carbocycles. The molecule has 1 heterocycles. The highest BCUT2D eigenvalue weighted by molar-refractivity contribution is 6.15. The van der Waals surface area contributed by atoms with E-state index in [1.807, 2.05) is 0 Å². The number of nitrogens with one attached hydrogen (secondary N) is 1. The highest BCUT2D eigenvalue weighted by atomic mass is 19.1. The summed E-state index contributed by atoms with van der Waals surface area (Å²) in [6.45, 7) is 2.71. The summed E-state index contributed by atoms with van der Waals surface area (Å²) in [6, 6.07) is 1.05. The van der Waals surface area contributed by atoms with Crippen molar-refractivity contribution >= 4 is 23.6 Å². The molecule has 1 aromatic rings. The van der Waals surface area contributed by atoms with Crippen LogP contribution in [-0.2, 0) is 19.1 Å². The molecule has 1 fully saturated rings. The van der Waals surface area contributed by atoms with Crippen molar-refractivity contribution in [2.75, 3.05) is 5.32 Å². The summed E-state index contributed by atoms with van der Waals surface area (Å²) in [5.41, 5.74) is -1.77. The Morgan fingerprint density at radius 2 is 1.74 bits per heavy atom. The summed E-state index contributed by atoms with van der Waals surface area (Å²) in [6.07, 6.45) is 0.794. The average molecular weight is 327 g/mol. The van der Waals surface area contributed by atoms with Gasteiger partial charge in [-0.15, -0.1) is 0 Å². The molecule has 122 valence electrons. The molecule has 23 heavy (non-hydrogen) atoms. The van der Waals surface area contributed by atoms with Gasteiger partial charge in [0, 0.05) is 26.1 Å². The van der Waals surface area contributed by atoms with Gasteiger partial charge in [0.05, 0.1) is 11.3 Å². The van der Waals surface area contributed by atoms with Crippen LogP contribution in [0.15, 0.2) is 23.9 Å². The van der Waals surface area contributed by atoms with Crippen molar-refractivity contribution in [1.82, 2.24) is 0 Å². The number of anilines is 1. The summed E-state index contributed by atoms with van der Waals surface area (Å²) in [5.74, 6) is -7.40. The number of ether oxygens (including phenoxy) is 2. The second-order valence-corrected chi connectivity index (χ2v) is 5.00. The Bertz CT molecular complexity index is 719. The van der Waals surface area contributed by atoms with Gasteiger partial charge in [-0.3, -0.25) is 0 Å². The highest BCUT2D eigenvalue weighted by Gasteiger charge is 2.39. The fourth-order valence-electron chi connectivity index (χ4n) is 1.75. The normalized spacial score (nSPS) is 16.4. The summed E-state index contributed by atoms with van der Waals surface area (Å²) in [4.78, 5) is 34.2. The van der Waals surface area contributed by atoms with E-state index < -0.39 is 52.2 Å². The average Bonchev–Trinajstić information content (AvgIpc) is 2.37. The van der Waals surface area contributed by atoms with Crippen LogP contribution in [0, 0.1) is 11.6 Å². The van der Waals surface area contributed by atoms with Crippen LogP contribution in [0.1, 0.15) is 24.2 Å². The molecule has 2 N–H and O–H groups in total. The van der Waals surface area contributed by atoms with E-state index in [2.05, 4.69) is 5.32 Å². The number of hydrogen-bond donors (Lipinski definition) is 2. The van der Waals surface area contributed by atoms with E-state index in [9.17, 15) is 23.2 Å². The molecule has 2 rings (SSSR count). The van der Waals surface area contributed by atoms with E-state index in [4.69, 9.17) is 14.6 Å². The molecule has 0 unspecified atom stereocenters. The maximum Gasteiger partial charge on any atom is 0.350 e. The largest absolute Gasteiger partial charge is 0.478 e. The van der Waals surface area contributed by atoms with Crippen LogP contribution in [-0.4, -0.2) is 28.8 Å². The molecule has 0 saturated carbocycles. The first-order valence-corrected chi connectivity index (χ1v) is 6.26. The van der Waals surface area contributed by atoms with Crippen molar-refractivity contribution in [1.29, 1.82) is 0 Å². The van der Waals surface area contributed by atoms with E-state index in [1.54, 1.807) is 0 Å². The lowest BCUT2D eigenvalue weighted by Gasteiger charge is -2.29. The Labute approximate surface area is 128 Å². The van der Waals surface area contributed by atoms with Gasteiger partial charge >= 0.3 is 17.9 Å². The lowest BCUT2D eigenvalue weighted by molar-refractivity contribution is -0.222. The van der Waals surface area contributed by atoms with Crippen molar-refractivity contribution in [2.45, 2.75) is 19.6 Å². The molecule has 1 saturated heterocycles. The number of esters is 2. The molecule has 9 heteroatoms. The Morgan fingerprint density at radius 1 is 1.17 bits per heavy atom. The Balaban J connectivity index is 2.30. The van der Waals surface area contributed by atoms with Gasteiger partial charge in [-0.1, -0.05) is 0 Å². The van der Waals surface area contributed by atoms with Gasteiger partial charge in [0.25, 0.3) is 5.79 Å². The molecule has 7 nitrogen and oxygen atoms in total. The first-order valence-electron chi connectivity index (χ1n) is 6.26.